The molecular weight excluding hydrogens is 356 g/mol. The van der Waals surface area contributed by atoms with Gasteiger partial charge in [0.25, 0.3) is 0 Å². The number of guanidine groups is 1. The monoisotopic (exact) mass is 392 g/mol. The minimum absolute atomic E-state index is 0.386. The van der Waals surface area contributed by atoms with Gasteiger partial charge in [0.1, 0.15) is 18.1 Å². The van der Waals surface area contributed by atoms with E-state index in [0.29, 0.717) is 18.7 Å². The van der Waals surface area contributed by atoms with E-state index in [0.717, 1.165) is 56.9 Å². The summed E-state index contributed by atoms with van der Waals surface area (Å²) in [5.41, 5.74) is 0. The summed E-state index contributed by atoms with van der Waals surface area (Å²) in [4.78, 5) is 9.44. The molecule has 0 saturated carbocycles. The van der Waals surface area contributed by atoms with Crippen LogP contribution in [0, 0.1) is 0 Å². The lowest BCUT2D eigenvalue weighted by Crippen LogP contribution is -2.49. The first-order valence-electron chi connectivity index (χ1n) is 10.1. The molecule has 7 nitrogen and oxygen atoms in total. The zero-order valence-electron chi connectivity index (χ0n) is 18.0. The molecule has 0 bridgehead atoms. The second-order valence-corrected chi connectivity index (χ2v) is 7.15. The zero-order valence-corrected chi connectivity index (χ0v) is 18.0. The fourth-order valence-corrected chi connectivity index (χ4v) is 3.27. The molecule has 1 aromatic carbocycles. The van der Waals surface area contributed by atoms with Crippen molar-refractivity contribution in [3.63, 3.8) is 0 Å². The maximum Gasteiger partial charge on any atom is 0.193 e. The molecule has 7 heteroatoms. The summed E-state index contributed by atoms with van der Waals surface area (Å²) in [5.74, 6) is 2.58. The molecule has 0 radical (unpaired) electrons. The van der Waals surface area contributed by atoms with Crippen LogP contribution in [0.2, 0.25) is 0 Å². The van der Waals surface area contributed by atoms with Crippen LogP contribution in [-0.4, -0.2) is 88.0 Å². The van der Waals surface area contributed by atoms with Crippen LogP contribution in [0.25, 0.3) is 0 Å². The van der Waals surface area contributed by atoms with Crippen LogP contribution in [-0.2, 0) is 4.74 Å². The number of benzene rings is 1. The van der Waals surface area contributed by atoms with Gasteiger partial charge in [-0.3, -0.25) is 9.89 Å². The van der Waals surface area contributed by atoms with Gasteiger partial charge in [0.2, 0.25) is 0 Å². The lowest BCUT2D eigenvalue weighted by atomic mass is 10.2. The summed E-state index contributed by atoms with van der Waals surface area (Å²) in [5, 5.41) is 3.38. The number of rotatable bonds is 9. The number of methoxy groups -OCH3 is 1. The van der Waals surface area contributed by atoms with E-state index in [1.165, 1.54) is 0 Å². The minimum atomic E-state index is 0.386. The smallest absolute Gasteiger partial charge is 0.193 e. The molecule has 1 N–H and O–H groups in total. The zero-order chi connectivity index (χ0) is 20.4. The van der Waals surface area contributed by atoms with E-state index in [-0.39, 0.29) is 0 Å². The standard InChI is InChI=1S/C21H36N4O3/c1-6-22-21(23-15-17(2)25-12-13-27-16-18(25)3)24(4)11-14-28-20-9-7-19(26-5)8-10-20/h7-10,17-18H,6,11-16H2,1-5H3,(H,22,23). The van der Waals surface area contributed by atoms with E-state index in [4.69, 9.17) is 19.2 Å². The molecule has 0 spiro atoms. The van der Waals surface area contributed by atoms with Crippen molar-refractivity contribution in [2.24, 2.45) is 4.99 Å². The third kappa shape index (κ3) is 6.87. The predicted molar refractivity (Wildman–Crippen MR) is 114 cm³/mol. The van der Waals surface area contributed by atoms with E-state index >= 15 is 0 Å². The molecule has 1 aromatic rings. The van der Waals surface area contributed by atoms with Crippen molar-refractivity contribution < 1.29 is 14.2 Å². The van der Waals surface area contributed by atoms with Crippen LogP contribution in [0.15, 0.2) is 29.3 Å². The highest BCUT2D eigenvalue weighted by atomic mass is 16.5. The minimum Gasteiger partial charge on any atom is -0.497 e. The highest BCUT2D eigenvalue weighted by Crippen LogP contribution is 2.16. The SMILES string of the molecule is CCNC(=NCC(C)N1CCOCC1C)N(C)CCOc1ccc(OC)cc1. The Labute approximate surface area is 169 Å². The molecule has 1 aliphatic rings. The summed E-state index contributed by atoms with van der Waals surface area (Å²) in [7, 11) is 3.70. The highest BCUT2D eigenvalue weighted by molar-refractivity contribution is 5.79. The Bertz CT molecular complexity index is 594. The van der Waals surface area contributed by atoms with Crippen LogP contribution >= 0.6 is 0 Å². The van der Waals surface area contributed by atoms with Gasteiger partial charge < -0.3 is 24.4 Å². The molecule has 28 heavy (non-hydrogen) atoms. The van der Waals surface area contributed by atoms with Gasteiger partial charge in [0.15, 0.2) is 5.96 Å². The Morgan fingerprint density at radius 3 is 2.71 bits per heavy atom. The number of likely N-dealkylation sites (N-methyl/N-ethyl adjacent to an activating group) is 1. The fraction of sp³-hybridized carbons (Fsp3) is 0.667. The molecule has 2 atom stereocenters. The van der Waals surface area contributed by atoms with E-state index in [9.17, 15) is 0 Å². The van der Waals surface area contributed by atoms with Crippen LogP contribution in [0.3, 0.4) is 0 Å². The molecule has 1 aliphatic heterocycles. The van der Waals surface area contributed by atoms with Crippen LogP contribution in [0.1, 0.15) is 20.8 Å². The maximum atomic E-state index is 5.84. The molecule has 1 heterocycles. The molecule has 1 fully saturated rings. The van der Waals surface area contributed by atoms with Crippen molar-refractivity contribution in [3.05, 3.63) is 24.3 Å². The first-order chi connectivity index (χ1) is 13.5. The summed E-state index contributed by atoms with van der Waals surface area (Å²) in [6.45, 7) is 12.1. The van der Waals surface area contributed by atoms with Crippen molar-refractivity contribution in [2.45, 2.75) is 32.9 Å². The Hall–Kier alpha value is -1.99. The lowest BCUT2D eigenvalue weighted by molar-refractivity contribution is -0.0166. The van der Waals surface area contributed by atoms with Crippen molar-refractivity contribution in [2.75, 3.05) is 60.2 Å². The first-order valence-corrected chi connectivity index (χ1v) is 10.1. The fourth-order valence-electron chi connectivity index (χ4n) is 3.27. The van der Waals surface area contributed by atoms with Crippen molar-refractivity contribution in [3.8, 4) is 11.5 Å². The highest BCUT2D eigenvalue weighted by Gasteiger charge is 2.23. The summed E-state index contributed by atoms with van der Waals surface area (Å²) in [6, 6.07) is 8.47. The van der Waals surface area contributed by atoms with Gasteiger partial charge in [0, 0.05) is 32.2 Å². The van der Waals surface area contributed by atoms with Gasteiger partial charge in [-0.15, -0.1) is 0 Å². The molecule has 0 aliphatic carbocycles. The Kier molecular flexibility index (Phi) is 9.37. The second kappa shape index (κ2) is 11.8. The summed E-state index contributed by atoms with van der Waals surface area (Å²) >= 11 is 0. The second-order valence-electron chi connectivity index (χ2n) is 7.15. The Morgan fingerprint density at radius 2 is 2.07 bits per heavy atom. The first kappa shape index (κ1) is 22.3. The third-order valence-corrected chi connectivity index (χ3v) is 4.94. The van der Waals surface area contributed by atoms with Crippen molar-refractivity contribution >= 4 is 5.96 Å². The number of morpholine rings is 1. The largest absolute Gasteiger partial charge is 0.497 e. The lowest BCUT2D eigenvalue weighted by Gasteiger charge is -2.37. The third-order valence-electron chi connectivity index (χ3n) is 4.94. The Morgan fingerprint density at radius 1 is 1.36 bits per heavy atom. The number of ether oxygens (including phenoxy) is 3. The predicted octanol–water partition coefficient (Wildman–Crippen LogP) is 2.08. The van der Waals surface area contributed by atoms with Crippen LogP contribution < -0.4 is 14.8 Å². The number of nitrogens with zero attached hydrogens (tertiary/aromatic N) is 3. The van der Waals surface area contributed by atoms with Crippen molar-refractivity contribution in [1.29, 1.82) is 0 Å². The van der Waals surface area contributed by atoms with Gasteiger partial charge >= 0.3 is 0 Å². The summed E-state index contributed by atoms with van der Waals surface area (Å²) in [6.07, 6.45) is 0. The average Bonchev–Trinajstić information content (AvgIpc) is 2.71. The van der Waals surface area contributed by atoms with Gasteiger partial charge in [-0.05, 0) is 45.0 Å². The molecule has 0 amide bonds. The number of hydrogen-bond acceptors (Lipinski definition) is 5. The molecule has 2 rings (SSSR count). The number of aliphatic imine (C=N–C) groups is 1. The van der Waals surface area contributed by atoms with Crippen molar-refractivity contribution in [1.82, 2.24) is 15.1 Å². The molecule has 1 saturated heterocycles. The number of hydrogen-bond donors (Lipinski definition) is 1. The average molecular weight is 393 g/mol. The van der Waals surface area contributed by atoms with E-state index in [1.807, 2.05) is 31.3 Å². The van der Waals surface area contributed by atoms with Gasteiger partial charge in [0.05, 0.1) is 33.4 Å². The quantitative estimate of drug-likeness (QED) is 0.513. The van der Waals surface area contributed by atoms with E-state index in [2.05, 4.69) is 35.9 Å². The van der Waals surface area contributed by atoms with Gasteiger partial charge in [-0.2, -0.15) is 0 Å². The van der Waals surface area contributed by atoms with Crippen LogP contribution in [0.5, 0.6) is 11.5 Å². The van der Waals surface area contributed by atoms with E-state index in [1.54, 1.807) is 7.11 Å². The topological polar surface area (TPSA) is 58.6 Å². The Balaban J connectivity index is 1.83. The number of nitrogens with one attached hydrogen (secondary N) is 1. The van der Waals surface area contributed by atoms with Crippen LogP contribution in [0.4, 0.5) is 0 Å². The molecule has 2 unspecified atom stereocenters. The van der Waals surface area contributed by atoms with E-state index < -0.39 is 0 Å². The normalized spacial score (nSPS) is 19.2. The molecule has 0 aromatic heterocycles. The maximum absolute atomic E-state index is 5.84. The van der Waals surface area contributed by atoms with Gasteiger partial charge in [-0.1, -0.05) is 0 Å². The summed E-state index contributed by atoms with van der Waals surface area (Å²) < 4.78 is 16.5. The van der Waals surface area contributed by atoms with Gasteiger partial charge in [-0.25, -0.2) is 0 Å². The molecule has 158 valence electrons. The molecular formula is C21H36N4O3.